The van der Waals surface area contributed by atoms with Crippen LogP contribution in [0.2, 0.25) is 0 Å². The van der Waals surface area contributed by atoms with Crippen LogP contribution in [0.4, 0.5) is 0 Å². The minimum Gasteiger partial charge on any atom is -0.456 e. The standard InChI is InChI=1S/C45H26N4OS/c1-3-12-27(13-4-1)30-18-11-20-36-40(30)32-23-22-29(26-37(32)50-36)44-46-43(28-14-5-2-6-15-28)47-45(48-44)49-34-19-9-7-16-31(34)41-35(49)24-25-39-42(41)33-17-8-10-21-38(33)51-39/h1-26H/i7D,8D,9D,10D,11D,16D,17D,18D,19D,20D,21D,22D,23D,24D,25D,26D. The predicted octanol–water partition coefficient (Wildman–Crippen LogP) is 12.2. The summed E-state index contributed by atoms with van der Waals surface area (Å²) in [6.07, 6.45) is 0. The SMILES string of the molecule is [2H]c1c([2H])c(-c2ccccc2)c2c(oc3c([2H])c(-c4nc(-c5ccccc5)nc(-n5c6c([2H])c([2H])c([2H])c([2H])c6c6c7c(sc8c([2H])c([2H])c([2H])c([2H])c87)c([2H])c([2H])c65)n4)c([2H])c([2H])c32)c1[2H]. The summed E-state index contributed by atoms with van der Waals surface area (Å²) < 4.78 is 152. The van der Waals surface area contributed by atoms with Crippen molar-refractivity contribution >= 4 is 75.3 Å². The van der Waals surface area contributed by atoms with Gasteiger partial charge in [0, 0.05) is 52.8 Å². The second kappa shape index (κ2) is 10.9. The van der Waals surface area contributed by atoms with Crippen molar-refractivity contribution in [2.75, 3.05) is 0 Å². The molecule has 0 fully saturated rings. The first-order valence-electron chi connectivity index (χ1n) is 23.7. The minimum atomic E-state index is -0.670. The average molecular weight is 687 g/mol. The highest BCUT2D eigenvalue weighted by Crippen LogP contribution is 2.43. The van der Waals surface area contributed by atoms with Crippen molar-refractivity contribution in [3.63, 3.8) is 0 Å². The fourth-order valence-corrected chi connectivity index (χ4v) is 7.46. The first kappa shape index (κ1) is 16.9. The summed E-state index contributed by atoms with van der Waals surface area (Å²) >= 11 is 0.858. The van der Waals surface area contributed by atoms with Crippen molar-refractivity contribution in [1.82, 2.24) is 19.5 Å². The molecule has 0 atom stereocenters. The van der Waals surface area contributed by atoms with E-state index in [-0.39, 0.29) is 98.8 Å². The van der Waals surface area contributed by atoms with Crippen LogP contribution in [0.1, 0.15) is 21.9 Å². The third kappa shape index (κ3) is 4.30. The number of para-hydroxylation sites is 1. The second-order valence-electron chi connectivity index (χ2n) is 11.6. The van der Waals surface area contributed by atoms with Gasteiger partial charge in [-0.05, 0) is 53.4 Å². The zero-order valence-corrected chi connectivity index (χ0v) is 26.7. The Morgan fingerprint density at radius 1 is 0.510 bits per heavy atom. The van der Waals surface area contributed by atoms with Crippen LogP contribution in [0.5, 0.6) is 0 Å². The van der Waals surface area contributed by atoms with Crippen molar-refractivity contribution in [1.29, 1.82) is 0 Å². The van der Waals surface area contributed by atoms with Crippen LogP contribution >= 0.6 is 11.3 Å². The van der Waals surface area contributed by atoms with E-state index in [1.807, 2.05) is 0 Å². The highest BCUT2D eigenvalue weighted by molar-refractivity contribution is 7.26. The first-order valence-corrected chi connectivity index (χ1v) is 16.5. The van der Waals surface area contributed by atoms with Crippen LogP contribution in [0, 0.1) is 0 Å². The summed E-state index contributed by atoms with van der Waals surface area (Å²) in [5.74, 6) is -0.844. The maximum absolute atomic E-state index is 9.60. The van der Waals surface area contributed by atoms with Crippen molar-refractivity contribution < 1.29 is 26.3 Å². The molecule has 0 amide bonds. The molecule has 0 aliphatic carbocycles. The lowest BCUT2D eigenvalue weighted by atomic mass is 9.99. The van der Waals surface area contributed by atoms with Crippen molar-refractivity contribution in [3.05, 3.63) is 157 Å². The third-order valence-corrected chi connectivity index (χ3v) is 9.72. The fourth-order valence-electron chi connectivity index (χ4n) is 6.49. The van der Waals surface area contributed by atoms with Crippen LogP contribution in [-0.4, -0.2) is 19.5 Å². The van der Waals surface area contributed by atoms with Crippen molar-refractivity contribution in [2.45, 2.75) is 0 Å². The van der Waals surface area contributed by atoms with E-state index in [0.717, 1.165) is 15.9 Å². The first-order chi connectivity index (χ1) is 32.0. The van der Waals surface area contributed by atoms with Crippen molar-refractivity contribution in [3.8, 4) is 39.9 Å². The van der Waals surface area contributed by atoms with Gasteiger partial charge in [-0.25, -0.2) is 4.98 Å². The zero-order chi connectivity index (χ0) is 47.4. The minimum absolute atomic E-state index is 0.0154. The van der Waals surface area contributed by atoms with Gasteiger partial charge >= 0.3 is 0 Å². The quantitative estimate of drug-likeness (QED) is 0.185. The lowest BCUT2D eigenvalue weighted by Gasteiger charge is -2.11. The maximum atomic E-state index is 9.60. The van der Waals surface area contributed by atoms with Crippen LogP contribution in [0.15, 0.2) is 162 Å². The maximum Gasteiger partial charge on any atom is 0.238 e. The Hall–Kier alpha value is -6.63. The Morgan fingerprint density at radius 3 is 2.10 bits per heavy atom. The number of thiophene rings is 1. The lowest BCUT2D eigenvalue weighted by Crippen LogP contribution is -2.06. The Balaban J connectivity index is 1.31. The molecule has 5 nitrogen and oxygen atoms in total. The van der Waals surface area contributed by atoms with Gasteiger partial charge in [0.15, 0.2) is 11.6 Å². The smallest absolute Gasteiger partial charge is 0.238 e. The molecule has 0 unspecified atom stereocenters. The van der Waals surface area contributed by atoms with Gasteiger partial charge in [0.25, 0.3) is 0 Å². The normalized spacial score (nSPS) is 16.3. The molecule has 238 valence electrons. The Morgan fingerprint density at radius 2 is 1.25 bits per heavy atom. The van der Waals surface area contributed by atoms with Gasteiger partial charge in [0.2, 0.25) is 5.95 Å². The Labute approximate surface area is 318 Å². The summed E-state index contributed by atoms with van der Waals surface area (Å²) in [6.45, 7) is 0. The molecule has 7 aromatic carbocycles. The van der Waals surface area contributed by atoms with E-state index < -0.39 is 90.5 Å². The van der Waals surface area contributed by atoms with Gasteiger partial charge in [-0.2, -0.15) is 9.97 Å². The molecule has 0 N–H and O–H groups in total. The number of furan rings is 1. The number of aromatic nitrogens is 4. The zero-order valence-electron chi connectivity index (χ0n) is 41.9. The van der Waals surface area contributed by atoms with Gasteiger partial charge in [0.1, 0.15) is 11.2 Å². The van der Waals surface area contributed by atoms with E-state index in [2.05, 4.69) is 0 Å². The molecular weight excluding hydrogens is 645 g/mol. The molecule has 0 aliphatic rings. The van der Waals surface area contributed by atoms with E-state index in [9.17, 15) is 9.60 Å². The lowest BCUT2D eigenvalue weighted by molar-refractivity contribution is 0.669. The molecule has 0 bridgehead atoms. The average Bonchev–Trinajstić information content (AvgIpc) is 4.04. The van der Waals surface area contributed by atoms with E-state index in [1.54, 1.807) is 60.7 Å². The van der Waals surface area contributed by atoms with Gasteiger partial charge in [0.05, 0.1) is 33.0 Å². The molecule has 51 heavy (non-hydrogen) atoms. The summed E-state index contributed by atoms with van der Waals surface area (Å²) in [5.41, 5.74) is -0.217. The number of benzene rings is 7. The van der Waals surface area contributed by atoms with E-state index in [0.29, 0.717) is 11.1 Å². The summed E-state index contributed by atoms with van der Waals surface area (Å²) in [6, 6.07) is 8.94. The number of hydrogen-bond acceptors (Lipinski definition) is 5. The number of hydrogen-bond donors (Lipinski definition) is 0. The van der Waals surface area contributed by atoms with Crippen molar-refractivity contribution in [2.24, 2.45) is 0 Å². The third-order valence-electron chi connectivity index (χ3n) is 8.69. The van der Waals surface area contributed by atoms with Gasteiger partial charge in [-0.3, -0.25) is 4.57 Å². The molecule has 11 aromatic rings. The Kier molecular flexibility index (Phi) is 3.61. The second-order valence-corrected chi connectivity index (χ2v) is 12.6. The monoisotopic (exact) mass is 686 g/mol. The predicted molar refractivity (Wildman–Crippen MR) is 211 cm³/mol. The summed E-state index contributed by atoms with van der Waals surface area (Å²) in [4.78, 5) is 14.2. The molecule has 0 saturated heterocycles. The summed E-state index contributed by atoms with van der Waals surface area (Å²) in [7, 11) is 0. The van der Waals surface area contributed by atoms with Crippen LogP contribution in [0.3, 0.4) is 0 Å². The topological polar surface area (TPSA) is 56.7 Å². The molecule has 0 radical (unpaired) electrons. The molecule has 4 aromatic heterocycles. The van der Waals surface area contributed by atoms with E-state index in [4.69, 9.17) is 31.7 Å². The summed E-state index contributed by atoms with van der Waals surface area (Å²) in [5, 5.41) is -0.105. The van der Waals surface area contributed by atoms with Crippen LogP contribution in [-0.2, 0) is 0 Å². The molecular formula is C45H26N4OS. The van der Waals surface area contributed by atoms with E-state index in [1.165, 1.54) is 0 Å². The number of rotatable bonds is 4. The Bertz CT molecular complexity index is 4060. The number of fused-ring (bicyclic) bond motifs is 10. The van der Waals surface area contributed by atoms with Gasteiger partial charge in [-0.1, -0.05) is 115 Å². The molecule has 11 rings (SSSR count). The largest absolute Gasteiger partial charge is 0.456 e. The molecule has 0 saturated carbocycles. The van der Waals surface area contributed by atoms with Gasteiger partial charge in [-0.15, -0.1) is 11.3 Å². The van der Waals surface area contributed by atoms with E-state index >= 15 is 0 Å². The molecule has 0 aliphatic heterocycles. The highest BCUT2D eigenvalue weighted by Gasteiger charge is 2.21. The molecule has 0 spiro atoms. The van der Waals surface area contributed by atoms with Gasteiger partial charge < -0.3 is 4.42 Å². The fraction of sp³-hybridized carbons (Fsp3) is 0. The highest BCUT2D eigenvalue weighted by atomic mass is 32.1. The van der Waals surface area contributed by atoms with Crippen LogP contribution < -0.4 is 0 Å². The van der Waals surface area contributed by atoms with Crippen LogP contribution in [0.25, 0.3) is 104 Å². The number of nitrogens with zero attached hydrogens (tertiary/aromatic N) is 4. The molecule has 6 heteroatoms. The molecule has 4 heterocycles.